The van der Waals surface area contributed by atoms with E-state index in [0.29, 0.717) is 12.8 Å². The Bertz CT molecular complexity index is 812. The molecule has 0 spiro atoms. The lowest BCUT2D eigenvalue weighted by molar-refractivity contribution is -0.140. The van der Waals surface area contributed by atoms with Crippen LogP contribution in [0.2, 0.25) is 0 Å². The molecule has 164 valence electrons. The van der Waals surface area contributed by atoms with Crippen LogP contribution in [0.1, 0.15) is 67.8 Å². The van der Waals surface area contributed by atoms with E-state index in [-0.39, 0.29) is 5.56 Å². The van der Waals surface area contributed by atoms with Crippen molar-refractivity contribution in [3.05, 3.63) is 29.3 Å². The van der Waals surface area contributed by atoms with Crippen molar-refractivity contribution in [2.24, 2.45) is 0 Å². The lowest BCUT2D eigenvalue weighted by Crippen LogP contribution is -2.34. The molecule has 0 atom stereocenters. The summed E-state index contributed by atoms with van der Waals surface area (Å²) in [5.74, 6) is -2.41. The Morgan fingerprint density at radius 2 is 1.72 bits per heavy atom. The zero-order chi connectivity index (χ0) is 21.7. The van der Waals surface area contributed by atoms with E-state index in [1.165, 1.54) is 0 Å². The number of halogens is 3. The van der Waals surface area contributed by atoms with E-state index in [9.17, 15) is 30.9 Å². The number of esters is 1. The van der Waals surface area contributed by atoms with E-state index in [1.54, 1.807) is 6.92 Å². The molecule has 29 heavy (non-hydrogen) atoms. The van der Waals surface area contributed by atoms with Crippen molar-refractivity contribution < 1.29 is 40.4 Å². The Balaban J connectivity index is 2.25. The summed E-state index contributed by atoms with van der Waals surface area (Å²) < 4.78 is 82.5. The first kappa shape index (κ1) is 23.5. The third-order valence-electron chi connectivity index (χ3n) is 4.86. The van der Waals surface area contributed by atoms with Gasteiger partial charge >= 0.3 is 12.1 Å². The van der Waals surface area contributed by atoms with E-state index in [2.05, 4.69) is 4.74 Å². The molecular weight excluding hydrogens is 413 g/mol. The van der Waals surface area contributed by atoms with Gasteiger partial charge in [-0.2, -0.15) is 13.2 Å². The number of ether oxygens (including phenoxy) is 2. The summed E-state index contributed by atoms with van der Waals surface area (Å²) in [6, 6.07) is 2.63. The van der Waals surface area contributed by atoms with Gasteiger partial charge in [0.25, 0.3) is 0 Å². The van der Waals surface area contributed by atoms with Crippen molar-refractivity contribution >= 4 is 16.1 Å². The normalized spacial score (nSPS) is 17.8. The van der Waals surface area contributed by atoms with Crippen LogP contribution in [0.25, 0.3) is 0 Å². The van der Waals surface area contributed by atoms with Gasteiger partial charge < -0.3 is 14.0 Å². The molecule has 0 aromatic heterocycles. The summed E-state index contributed by atoms with van der Waals surface area (Å²) >= 11 is 0. The lowest BCUT2D eigenvalue weighted by atomic mass is 9.88. The largest absolute Gasteiger partial charge is 0.748 e. The van der Waals surface area contributed by atoms with Crippen LogP contribution in [-0.4, -0.2) is 36.9 Å². The average molecular weight is 437 g/mol. The van der Waals surface area contributed by atoms with Gasteiger partial charge in [0, 0.05) is 0 Å². The van der Waals surface area contributed by atoms with Crippen molar-refractivity contribution in [1.82, 2.24) is 0 Å². The van der Waals surface area contributed by atoms with Crippen LogP contribution in [0.15, 0.2) is 18.2 Å². The van der Waals surface area contributed by atoms with Crippen molar-refractivity contribution in [2.45, 2.75) is 63.6 Å². The molecule has 0 saturated heterocycles. The predicted octanol–water partition coefficient (Wildman–Crippen LogP) is 4.29. The van der Waals surface area contributed by atoms with E-state index < -0.39 is 51.5 Å². The highest BCUT2D eigenvalue weighted by atomic mass is 32.2. The van der Waals surface area contributed by atoms with Gasteiger partial charge in [-0.1, -0.05) is 19.3 Å². The highest BCUT2D eigenvalue weighted by Gasteiger charge is 2.37. The van der Waals surface area contributed by atoms with E-state index in [0.717, 1.165) is 50.3 Å². The highest BCUT2D eigenvalue weighted by Crippen LogP contribution is 2.40. The fraction of sp³-hybridized carbons (Fsp3) is 0.632. The molecule has 1 aliphatic rings. The molecule has 1 fully saturated rings. The first-order valence-electron chi connectivity index (χ1n) is 9.41. The molecule has 1 aromatic carbocycles. The SMILES string of the molecule is CC1(Oc2cc(C(=O)OCCS(=O)(=O)[O-])ccc2C(F)(F)F)CCCCCCC1. The topological polar surface area (TPSA) is 92.7 Å². The van der Waals surface area contributed by atoms with Crippen molar-refractivity contribution in [2.75, 3.05) is 12.4 Å². The summed E-state index contributed by atoms with van der Waals surface area (Å²) in [5.41, 5.74) is -2.01. The maximum Gasteiger partial charge on any atom is 0.419 e. The summed E-state index contributed by atoms with van der Waals surface area (Å²) in [6.07, 6.45) is 1.25. The molecule has 0 aliphatic heterocycles. The van der Waals surface area contributed by atoms with Crippen LogP contribution in [0.3, 0.4) is 0 Å². The molecule has 2 rings (SSSR count). The number of hydrogen-bond acceptors (Lipinski definition) is 6. The Kier molecular flexibility index (Phi) is 7.56. The zero-order valence-electron chi connectivity index (χ0n) is 16.1. The van der Waals surface area contributed by atoms with Gasteiger partial charge in [-0.3, -0.25) is 0 Å². The monoisotopic (exact) mass is 437 g/mol. The number of carbonyl (C=O) groups is 1. The molecule has 0 heterocycles. The van der Waals surface area contributed by atoms with Gasteiger partial charge in [-0.05, 0) is 50.8 Å². The third-order valence-corrected chi connectivity index (χ3v) is 5.52. The standard InChI is InChI=1S/C19H25F3O6S/c1-18(9-5-3-2-4-6-10-18)28-16-13-14(7-8-15(16)19(20,21)22)17(23)27-11-12-29(24,25)26/h7-8,13H,2-6,9-12H2,1H3,(H,24,25,26)/p-1. The molecule has 0 amide bonds. The second-order valence-electron chi connectivity index (χ2n) is 7.43. The molecule has 0 N–H and O–H groups in total. The average Bonchev–Trinajstić information content (AvgIpc) is 2.56. The van der Waals surface area contributed by atoms with Gasteiger partial charge in [0.2, 0.25) is 0 Å². The summed E-state index contributed by atoms with van der Waals surface area (Å²) in [6.45, 7) is 1.09. The van der Waals surface area contributed by atoms with Crippen molar-refractivity contribution in [3.8, 4) is 5.75 Å². The smallest absolute Gasteiger partial charge is 0.419 e. The summed E-state index contributed by atoms with van der Waals surface area (Å²) in [7, 11) is -4.57. The molecular formula is C19H24F3O6S-. The fourth-order valence-electron chi connectivity index (χ4n) is 3.31. The van der Waals surface area contributed by atoms with E-state index in [1.807, 2.05) is 0 Å². The molecule has 0 unspecified atom stereocenters. The number of carbonyl (C=O) groups excluding carboxylic acids is 1. The number of alkyl halides is 3. The van der Waals surface area contributed by atoms with E-state index in [4.69, 9.17) is 4.74 Å². The number of hydrogen-bond donors (Lipinski definition) is 0. The molecule has 6 nitrogen and oxygen atoms in total. The lowest BCUT2D eigenvalue weighted by Gasteiger charge is -2.33. The second-order valence-corrected chi connectivity index (χ2v) is 8.95. The minimum absolute atomic E-state index is 0.217. The molecule has 1 saturated carbocycles. The predicted molar refractivity (Wildman–Crippen MR) is 97.6 cm³/mol. The first-order valence-corrected chi connectivity index (χ1v) is 11.0. The van der Waals surface area contributed by atoms with Gasteiger partial charge in [0.1, 0.15) is 18.0 Å². The zero-order valence-corrected chi connectivity index (χ0v) is 16.9. The number of rotatable bonds is 6. The molecule has 0 bridgehead atoms. The molecule has 10 heteroatoms. The third kappa shape index (κ3) is 7.50. The molecule has 1 aliphatic carbocycles. The Hall–Kier alpha value is -1.81. The van der Waals surface area contributed by atoms with Gasteiger partial charge in [-0.25, -0.2) is 13.2 Å². The van der Waals surface area contributed by atoms with Crippen molar-refractivity contribution in [3.63, 3.8) is 0 Å². The van der Waals surface area contributed by atoms with Crippen LogP contribution in [0, 0.1) is 0 Å². The number of benzene rings is 1. The fourth-order valence-corrected chi connectivity index (χ4v) is 3.60. The molecule has 0 radical (unpaired) electrons. The van der Waals surface area contributed by atoms with Crippen molar-refractivity contribution in [1.29, 1.82) is 0 Å². The van der Waals surface area contributed by atoms with Crippen LogP contribution >= 0.6 is 0 Å². The van der Waals surface area contributed by atoms with Crippen LogP contribution in [0.5, 0.6) is 5.75 Å². The van der Waals surface area contributed by atoms with Gasteiger partial charge in [-0.15, -0.1) is 0 Å². The Morgan fingerprint density at radius 1 is 1.14 bits per heavy atom. The van der Waals surface area contributed by atoms with E-state index >= 15 is 0 Å². The van der Waals surface area contributed by atoms with Gasteiger partial charge in [0.05, 0.1) is 27.0 Å². The minimum atomic E-state index is -4.67. The second kappa shape index (κ2) is 9.34. The van der Waals surface area contributed by atoms with Gasteiger partial charge in [0.15, 0.2) is 0 Å². The van der Waals surface area contributed by atoms with Crippen LogP contribution in [-0.2, 0) is 21.0 Å². The summed E-state index contributed by atoms with van der Waals surface area (Å²) in [4.78, 5) is 12.1. The Labute approximate surface area is 168 Å². The maximum absolute atomic E-state index is 13.4. The highest BCUT2D eigenvalue weighted by molar-refractivity contribution is 7.85. The molecule has 1 aromatic rings. The minimum Gasteiger partial charge on any atom is -0.748 e. The quantitative estimate of drug-likeness (QED) is 0.487. The first-order chi connectivity index (χ1) is 13.4. The Morgan fingerprint density at radius 3 is 2.28 bits per heavy atom. The van der Waals surface area contributed by atoms with Crippen LogP contribution < -0.4 is 4.74 Å². The summed E-state index contributed by atoms with van der Waals surface area (Å²) in [5, 5.41) is 0. The van der Waals surface area contributed by atoms with Crippen LogP contribution in [0.4, 0.5) is 13.2 Å². The maximum atomic E-state index is 13.4.